The van der Waals surface area contributed by atoms with Crippen molar-refractivity contribution in [2.45, 2.75) is 38.1 Å². The normalized spacial score (nSPS) is 30.2. The smallest absolute Gasteiger partial charge is 0.0622 e. The monoisotopic (exact) mass is 275 g/mol. The third-order valence-electron chi connectivity index (χ3n) is 4.06. The highest BCUT2D eigenvalue weighted by atomic mass is 79.9. The lowest BCUT2D eigenvalue weighted by molar-refractivity contribution is 0.127. The van der Waals surface area contributed by atoms with Crippen LogP contribution in [-0.4, -0.2) is 43.1 Å². The number of alkyl halides is 1. The lowest BCUT2D eigenvalue weighted by Crippen LogP contribution is -2.41. The minimum atomic E-state index is 0.553. The molecular weight excluding hydrogens is 254 g/mol. The molecule has 0 N–H and O–H groups in total. The fraction of sp³-hybridized carbons (Fsp3) is 1.00. The molecule has 1 saturated heterocycles. The summed E-state index contributed by atoms with van der Waals surface area (Å²) in [6.45, 7) is 3.14. The Hall–Kier alpha value is 0.400. The van der Waals surface area contributed by atoms with Crippen LogP contribution in [0.4, 0.5) is 0 Å². The fourth-order valence-electron chi connectivity index (χ4n) is 2.99. The Labute approximate surface area is 101 Å². The zero-order chi connectivity index (χ0) is 10.7. The summed E-state index contributed by atoms with van der Waals surface area (Å²) in [6, 6.07) is 0.668. The van der Waals surface area contributed by atoms with Crippen LogP contribution in [0.1, 0.15) is 32.1 Å². The van der Waals surface area contributed by atoms with Crippen LogP contribution in [-0.2, 0) is 4.74 Å². The van der Waals surface area contributed by atoms with E-state index in [1.165, 1.54) is 38.6 Å². The first-order valence-corrected chi connectivity index (χ1v) is 7.22. The molecule has 1 aliphatic carbocycles. The van der Waals surface area contributed by atoms with Crippen molar-refractivity contribution in [3.63, 3.8) is 0 Å². The first-order valence-electron chi connectivity index (χ1n) is 6.10. The summed E-state index contributed by atoms with van der Waals surface area (Å²) >= 11 is 3.71. The van der Waals surface area contributed by atoms with Crippen LogP contribution in [0.5, 0.6) is 0 Å². The van der Waals surface area contributed by atoms with E-state index in [1.807, 2.05) is 0 Å². The lowest BCUT2D eigenvalue weighted by atomic mass is 9.88. The zero-order valence-electron chi connectivity index (χ0n) is 9.67. The van der Waals surface area contributed by atoms with E-state index < -0.39 is 0 Å². The largest absolute Gasteiger partial charge is 0.380 e. The molecule has 0 aromatic carbocycles. The average Bonchev–Trinajstić information content (AvgIpc) is 2.88. The van der Waals surface area contributed by atoms with Gasteiger partial charge in [-0.3, -0.25) is 0 Å². The van der Waals surface area contributed by atoms with Crippen LogP contribution in [0.2, 0.25) is 0 Å². The second-order valence-corrected chi connectivity index (χ2v) is 5.83. The Morgan fingerprint density at radius 2 is 2.13 bits per heavy atom. The van der Waals surface area contributed by atoms with Crippen molar-refractivity contribution in [2.75, 3.05) is 32.1 Å². The van der Waals surface area contributed by atoms with Crippen molar-refractivity contribution >= 4 is 15.9 Å². The molecule has 1 atom stereocenters. The van der Waals surface area contributed by atoms with E-state index in [9.17, 15) is 0 Å². The molecule has 1 heterocycles. The molecule has 2 rings (SSSR count). The summed E-state index contributed by atoms with van der Waals surface area (Å²) < 4.78 is 5.46. The minimum absolute atomic E-state index is 0.553. The van der Waals surface area contributed by atoms with Crippen molar-refractivity contribution in [3.05, 3.63) is 0 Å². The van der Waals surface area contributed by atoms with Gasteiger partial charge in [-0.1, -0.05) is 28.8 Å². The van der Waals surface area contributed by atoms with E-state index >= 15 is 0 Å². The predicted molar refractivity (Wildman–Crippen MR) is 66.5 cm³/mol. The molecule has 2 nitrogen and oxygen atoms in total. The molecule has 0 spiro atoms. The summed E-state index contributed by atoms with van der Waals surface area (Å²) in [4.78, 5) is 2.53. The molecule has 2 fully saturated rings. The van der Waals surface area contributed by atoms with Crippen molar-refractivity contribution in [1.82, 2.24) is 4.90 Å². The Bertz CT molecular complexity index is 198. The van der Waals surface area contributed by atoms with Gasteiger partial charge in [0.05, 0.1) is 6.61 Å². The number of hydrogen-bond donors (Lipinski definition) is 0. The highest BCUT2D eigenvalue weighted by Gasteiger charge is 2.35. The number of ether oxygens (including phenoxy) is 1. The van der Waals surface area contributed by atoms with Crippen molar-refractivity contribution in [3.8, 4) is 0 Å². The molecule has 3 heteroatoms. The molecule has 1 saturated carbocycles. The zero-order valence-corrected chi connectivity index (χ0v) is 11.3. The molecule has 0 aromatic heterocycles. The van der Waals surface area contributed by atoms with Gasteiger partial charge in [0, 0.05) is 24.5 Å². The standard InChI is InChI=1S/C12H22BrNO/c1-14(11-4-7-15-8-11)10-12(9-13)5-2-3-6-12/h11H,2-10H2,1H3. The maximum atomic E-state index is 5.46. The molecule has 2 aliphatic rings. The van der Waals surface area contributed by atoms with E-state index in [-0.39, 0.29) is 0 Å². The molecule has 88 valence electrons. The number of rotatable bonds is 4. The second-order valence-electron chi connectivity index (χ2n) is 5.27. The second kappa shape index (κ2) is 5.15. The summed E-state index contributed by atoms with van der Waals surface area (Å²) in [6.07, 6.45) is 6.85. The Kier molecular flexibility index (Phi) is 4.08. The van der Waals surface area contributed by atoms with E-state index in [4.69, 9.17) is 4.74 Å². The number of likely N-dealkylation sites (N-methyl/N-ethyl adjacent to an activating group) is 1. The van der Waals surface area contributed by atoms with Gasteiger partial charge in [0.25, 0.3) is 0 Å². The maximum Gasteiger partial charge on any atom is 0.0622 e. The third kappa shape index (κ3) is 2.75. The average molecular weight is 276 g/mol. The summed E-state index contributed by atoms with van der Waals surface area (Å²) in [5.41, 5.74) is 0.553. The maximum absolute atomic E-state index is 5.46. The van der Waals surface area contributed by atoms with E-state index in [0.29, 0.717) is 11.5 Å². The van der Waals surface area contributed by atoms with E-state index in [1.54, 1.807) is 0 Å². The lowest BCUT2D eigenvalue weighted by Gasteiger charge is -2.34. The van der Waals surface area contributed by atoms with Crippen LogP contribution < -0.4 is 0 Å². The van der Waals surface area contributed by atoms with Crippen LogP contribution in [0.3, 0.4) is 0 Å². The highest BCUT2D eigenvalue weighted by molar-refractivity contribution is 9.09. The van der Waals surface area contributed by atoms with Crippen LogP contribution >= 0.6 is 15.9 Å². The van der Waals surface area contributed by atoms with Crippen molar-refractivity contribution in [1.29, 1.82) is 0 Å². The van der Waals surface area contributed by atoms with Gasteiger partial charge in [0.1, 0.15) is 0 Å². The topological polar surface area (TPSA) is 12.5 Å². The fourth-order valence-corrected chi connectivity index (χ4v) is 3.72. The van der Waals surface area contributed by atoms with E-state index in [2.05, 4.69) is 27.9 Å². The third-order valence-corrected chi connectivity index (χ3v) is 5.25. The Morgan fingerprint density at radius 1 is 1.40 bits per heavy atom. The Morgan fingerprint density at radius 3 is 2.67 bits per heavy atom. The molecule has 0 aromatic rings. The van der Waals surface area contributed by atoms with Crippen LogP contribution in [0, 0.1) is 5.41 Å². The molecule has 1 aliphatic heterocycles. The minimum Gasteiger partial charge on any atom is -0.380 e. The van der Waals surface area contributed by atoms with Crippen molar-refractivity contribution in [2.24, 2.45) is 5.41 Å². The molecule has 0 radical (unpaired) electrons. The first-order chi connectivity index (χ1) is 7.26. The van der Waals surface area contributed by atoms with E-state index in [0.717, 1.165) is 18.5 Å². The highest BCUT2D eigenvalue weighted by Crippen LogP contribution is 2.40. The first kappa shape index (κ1) is 11.9. The van der Waals surface area contributed by atoms with Gasteiger partial charge in [-0.2, -0.15) is 0 Å². The molecule has 0 amide bonds. The van der Waals surface area contributed by atoms with Crippen LogP contribution in [0.15, 0.2) is 0 Å². The number of halogens is 1. The molecule has 1 unspecified atom stereocenters. The van der Waals surface area contributed by atoms with Gasteiger partial charge in [-0.25, -0.2) is 0 Å². The van der Waals surface area contributed by atoms with Gasteiger partial charge in [-0.05, 0) is 31.7 Å². The molecule has 15 heavy (non-hydrogen) atoms. The quantitative estimate of drug-likeness (QED) is 0.732. The van der Waals surface area contributed by atoms with Gasteiger partial charge < -0.3 is 9.64 Å². The Balaban J connectivity index is 1.88. The summed E-state index contributed by atoms with van der Waals surface area (Å²) in [5.74, 6) is 0. The van der Waals surface area contributed by atoms with Gasteiger partial charge >= 0.3 is 0 Å². The van der Waals surface area contributed by atoms with Gasteiger partial charge in [-0.15, -0.1) is 0 Å². The van der Waals surface area contributed by atoms with Gasteiger partial charge in [0.2, 0.25) is 0 Å². The van der Waals surface area contributed by atoms with Crippen molar-refractivity contribution < 1.29 is 4.74 Å². The molecule has 0 bridgehead atoms. The van der Waals surface area contributed by atoms with Gasteiger partial charge in [0.15, 0.2) is 0 Å². The summed E-state index contributed by atoms with van der Waals surface area (Å²) in [7, 11) is 2.27. The number of nitrogens with zero attached hydrogens (tertiary/aromatic N) is 1. The molecular formula is C12H22BrNO. The van der Waals surface area contributed by atoms with Crippen LogP contribution in [0.25, 0.3) is 0 Å². The number of hydrogen-bond acceptors (Lipinski definition) is 2. The predicted octanol–water partition coefficient (Wildman–Crippen LogP) is 2.66. The SMILES string of the molecule is CN(CC1(CBr)CCCC1)C1CCOC1. The summed E-state index contributed by atoms with van der Waals surface area (Å²) in [5, 5.41) is 1.16.